The first-order chi connectivity index (χ1) is 12.1. The first-order valence-corrected chi connectivity index (χ1v) is 9.45. The number of carbonyl (C=O) groups is 2. The molecule has 2 unspecified atom stereocenters. The smallest absolute Gasteiger partial charge is 0.230 e. The summed E-state index contributed by atoms with van der Waals surface area (Å²) in [4.78, 5) is 29.5. The number of hydrogen-bond acceptors (Lipinski definition) is 3. The normalized spacial score (nSPS) is 26.8. The van der Waals surface area contributed by atoms with Crippen LogP contribution in [0.3, 0.4) is 0 Å². The van der Waals surface area contributed by atoms with Crippen molar-refractivity contribution in [1.82, 2.24) is 4.90 Å². The Morgan fingerprint density at radius 3 is 2.52 bits per heavy atom. The molecule has 4 rings (SSSR count). The van der Waals surface area contributed by atoms with Crippen molar-refractivity contribution in [3.8, 4) is 0 Å². The lowest BCUT2D eigenvalue weighted by molar-refractivity contribution is -0.140. The maximum absolute atomic E-state index is 13.0. The van der Waals surface area contributed by atoms with Crippen LogP contribution < -0.4 is 4.90 Å². The van der Waals surface area contributed by atoms with E-state index in [1.165, 1.54) is 5.56 Å². The van der Waals surface area contributed by atoms with E-state index >= 15 is 0 Å². The van der Waals surface area contributed by atoms with Crippen molar-refractivity contribution in [3.63, 3.8) is 0 Å². The number of benzene rings is 1. The van der Waals surface area contributed by atoms with E-state index in [1.807, 2.05) is 34.9 Å². The molecule has 3 aliphatic heterocycles. The average Bonchev–Trinajstić information content (AvgIpc) is 3.27. The van der Waals surface area contributed by atoms with Crippen LogP contribution in [-0.4, -0.2) is 49.1 Å². The van der Waals surface area contributed by atoms with Gasteiger partial charge >= 0.3 is 0 Å². The number of anilines is 1. The van der Waals surface area contributed by atoms with Crippen molar-refractivity contribution in [2.24, 2.45) is 11.8 Å². The summed E-state index contributed by atoms with van der Waals surface area (Å²) in [5.41, 5.74) is 2.33. The predicted molar refractivity (Wildman–Crippen MR) is 95.3 cm³/mol. The monoisotopic (exact) mass is 342 g/mol. The molecule has 0 aromatic heterocycles. The number of amides is 2. The quantitative estimate of drug-likeness (QED) is 0.828. The van der Waals surface area contributed by atoms with Crippen LogP contribution in [0.15, 0.2) is 24.3 Å². The molecule has 25 heavy (non-hydrogen) atoms. The van der Waals surface area contributed by atoms with Gasteiger partial charge in [-0.2, -0.15) is 0 Å². The van der Waals surface area contributed by atoms with Crippen LogP contribution in [0.5, 0.6) is 0 Å². The third-order valence-corrected chi connectivity index (χ3v) is 6.00. The number of rotatable bonds is 2. The summed E-state index contributed by atoms with van der Waals surface area (Å²) in [7, 11) is 0. The number of piperidine rings is 1. The van der Waals surface area contributed by atoms with E-state index in [1.54, 1.807) is 0 Å². The van der Waals surface area contributed by atoms with Gasteiger partial charge in [0, 0.05) is 37.8 Å². The fraction of sp³-hybridized carbons (Fsp3) is 0.600. The molecule has 2 amide bonds. The molecule has 1 aromatic carbocycles. The molecule has 5 heteroatoms. The fourth-order valence-electron chi connectivity index (χ4n) is 4.42. The summed E-state index contributed by atoms with van der Waals surface area (Å²) < 4.78 is 5.53. The molecule has 134 valence electrons. The molecule has 0 aliphatic carbocycles. The third-order valence-electron chi connectivity index (χ3n) is 6.00. The van der Waals surface area contributed by atoms with Gasteiger partial charge in [-0.25, -0.2) is 0 Å². The summed E-state index contributed by atoms with van der Waals surface area (Å²) >= 11 is 0. The average molecular weight is 342 g/mol. The Morgan fingerprint density at radius 1 is 1.04 bits per heavy atom. The molecule has 2 fully saturated rings. The highest BCUT2D eigenvalue weighted by molar-refractivity contribution is 5.97. The minimum absolute atomic E-state index is 0.00212. The van der Waals surface area contributed by atoms with Gasteiger partial charge in [0.05, 0.1) is 12.0 Å². The molecule has 0 spiro atoms. The number of hydrogen-bond donors (Lipinski definition) is 0. The highest BCUT2D eigenvalue weighted by atomic mass is 16.5. The lowest BCUT2D eigenvalue weighted by Gasteiger charge is -2.35. The summed E-state index contributed by atoms with van der Waals surface area (Å²) in [6.07, 6.45) is 3.33. The molecule has 3 heterocycles. The Balaban J connectivity index is 1.36. The SMILES string of the molecule is CC1OCCC1C(=O)N1CCC(C(=O)N2CCc3ccccc32)CC1. The molecular formula is C20H26N2O3. The van der Waals surface area contributed by atoms with Crippen molar-refractivity contribution in [2.75, 3.05) is 31.1 Å². The summed E-state index contributed by atoms with van der Waals surface area (Å²) in [6, 6.07) is 8.18. The van der Waals surface area contributed by atoms with Crippen molar-refractivity contribution in [3.05, 3.63) is 29.8 Å². The molecule has 1 aromatic rings. The first-order valence-electron chi connectivity index (χ1n) is 9.45. The Bertz CT molecular complexity index is 667. The van der Waals surface area contributed by atoms with E-state index in [0.717, 1.165) is 37.9 Å². The number of ether oxygens (including phenoxy) is 1. The van der Waals surface area contributed by atoms with E-state index < -0.39 is 0 Å². The van der Waals surface area contributed by atoms with Gasteiger partial charge in [-0.1, -0.05) is 18.2 Å². The molecule has 0 radical (unpaired) electrons. The molecule has 0 bridgehead atoms. The maximum Gasteiger partial charge on any atom is 0.230 e. The van der Waals surface area contributed by atoms with Crippen LogP contribution in [0.4, 0.5) is 5.69 Å². The molecular weight excluding hydrogens is 316 g/mol. The van der Waals surface area contributed by atoms with Crippen molar-refractivity contribution < 1.29 is 14.3 Å². The lowest BCUT2D eigenvalue weighted by atomic mass is 9.93. The molecule has 5 nitrogen and oxygen atoms in total. The van der Waals surface area contributed by atoms with Crippen LogP contribution in [0, 0.1) is 11.8 Å². The number of likely N-dealkylation sites (tertiary alicyclic amines) is 1. The van der Waals surface area contributed by atoms with Crippen molar-refractivity contribution in [1.29, 1.82) is 0 Å². The molecule has 0 N–H and O–H groups in total. The minimum atomic E-state index is -0.00212. The standard InChI is InChI=1S/C20H26N2O3/c1-14-17(9-13-25-14)20(24)21-10-6-16(7-11-21)19(23)22-12-8-15-4-2-3-5-18(15)22/h2-5,14,16-17H,6-13H2,1H3. The van der Waals surface area contributed by atoms with E-state index in [9.17, 15) is 9.59 Å². The Hall–Kier alpha value is -1.88. The predicted octanol–water partition coefficient (Wildman–Crippen LogP) is 2.24. The van der Waals surface area contributed by atoms with Crippen LogP contribution in [-0.2, 0) is 20.7 Å². The van der Waals surface area contributed by atoms with E-state index in [2.05, 4.69) is 6.07 Å². The fourth-order valence-corrected chi connectivity index (χ4v) is 4.42. The molecule has 0 saturated carbocycles. The van der Waals surface area contributed by atoms with Crippen molar-refractivity contribution >= 4 is 17.5 Å². The zero-order valence-corrected chi connectivity index (χ0v) is 14.8. The largest absolute Gasteiger partial charge is 0.378 e. The highest BCUT2D eigenvalue weighted by Gasteiger charge is 2.37. The van der Waals surface area contributed by atoms with Gasteiger partial charge in [-0.3, -0.25) is 9.59 Å². The van der Waals surface area contributed by atoms with E-state index in [0.29, 0.717) is 19.7 Å². The van der Waals surface area contributed by atoms with Gasteiger partial charge in [0.25, 0.3) is 0 Å². The van der Waals surface area contributed by atoms with Gasteiger partial charge in [-0.05, 0) is 44.2 Å². The van der Waals surface area contributed by atoms with Crippen LogP contribution in [0.1, 0.15) is 31.7 Å². The Kier molecular flexibility index (Phi) is 4.50. The Morgan fingerprint density at radius 2 is 1.80 bits per heavy atom. The second-order valence-corrected chi connectivity index (χ2v) is 7.44. The van der Waals surface area contributed by atoms with Gasteiger partial charge in [0.15, 0.2) is 0 Å². The van der Waals surface area contributed by atoms with Crippen molar-refractivity contribution in [2.45, 2.75) is 38.7 Å². The summed E-state index contributed by atoms with van der Waals surface area (Å²) in [5, 5.41) is 0. The minimum Gasteiger partial charge on any atom is -0.378 e. The van der Waals surface area contributed by atoms with Gasteiger partial charge < -0.3 is 14.5 Å². The summed E-state index contributed by atoms with van der Waals surface area (Å²) in [6.45, 7) is 4.83. The second-order valence-electron chi connectivity index (χ2n) is 7.44. The number of para-hydroxylation sites is 1. The third kappa shape index (κ3) is 3.06. The van der Waals surface area contributed by atoms with Gasteiger partial charge in [-0.15, -0.1) is 0 Å². The maximum atomic E-state index is 13.0. The lowest BCUT2D eigenvalue weighted by Crippen LogP contribution is -2.46. The van der Waals surface area contributed by atoms with Gasteiger partial charge in [0.1, 0.15) is 0 Å². The van der Waals surface area contributed by atoms with Crippen LogP contribution in [0.2, 0.25) is 0 Å². The number of carbonyl (C=O) groups excluding carboxylic acids is 2. The van der Waals surface area contributed by atoms with E-state index in [-0.39, 0.29) is 29.8 Å². The van der Waals surface area contributed by atoms with Crippen LogP contribution in [0.25, 0.3) is 0 Å². The first kappa shape index (κ1) is 16.6. The van der Waals surface area contributed by atoms with Gasteiger partial charge in [0.2, 0.25) is 11.8 Å². The number of fused-ring (bicyclic) bond motifs is 1. The summed E-state index contributed by atoms with van der Waals surface area (Å²) in [5.74, 6) is 0.474. The van der Waals surface area contributed by atoms with E-state index in [4.69, 9.17) is 4.74 Å². The zero-order chi connectivity index (χ0) is 17.4. The topological polar surface area (TPSA) is 49.9 Å². The Labute approximate surface area is 148 Å². The molecule has 3 aliphatic rings. The second kappa shape index (κ2) is 6.79. The number of nitrogens with zero attached hydrogens (tertiary/aromatic N) is 2. The highest BCUT2D eigenvalue weighted by Crippen LogP contribution is 2.32. The molecule has 2 atom stereocenters. The molecule has 2 saturated heterocycles. The van der Waals surface area contributed by atoms with Crippen LogP contribution >= 0.6 is 0 Å². The zero-order valence-electron chi connectivity index (χ0n) is 14.8.